The van der Waals surface area contributed by atoms with Gasteiger partial charge in [-0.2, -0.15) is 9.97 Å². The van der Waals surface area contributed by atoms with E-state index in [1.165, 1.54) is 12.8 Å². The number of amides is 1. The van der Waals surface area contributed by atoms with Crippen LogP contribution in [0.3, 0.4) is 0 Å². The third-order valence-corrected chi connectivity index (χ3v) is 8.63. The lowest BCUT2D eigenvalue weighted by molar-refractivity contribution is -0.107. The minimum Gasteiger partial charge on any atom is -0.365 e. The summed E-state index contributed by atoms with van der Waals surface area (Å²) in [5.74, 6) is 1.43. The highest BCUT2D eigenvalue weighted by Crippen LogP contribution is 2.34. The van der Waals surface area contributed by atoms with E-state index in [-0.39, 0.29) is 30.9 Å². The van der Waals surface area contributed by atoms with Gasteiger partial charge in [-0.15, -0.1) is 29.9 Å². The summed E-state index contributed by atoms with van der Waals surface area (Å²) in [4.78, 5) is 32.7. The number of carbonyl (C=O) groups excluding carboxylic acids is 1. The molecule has 230 valence electrons. The van der Waals surface area contributed by atoms with Crippen LogP contribution in [0.15, 0.2) is 30.6 Å². The van der Waals surface area contributed by atoms with E-state index >= 15 is 0 Å². The van der Waals surface area contributed by atoms with Crippen LogP contribution in [0.25, 0.3) is 11.2 Å². The van der Waals surface area contributed by atoms with Crippen molar-refractivity contribution in [1.82, 2.24) is 24.6 Å². The summed E-state index contributed by atoms with van der Waals surface area (Å²) in [7, 11) is 0. The Labute approximate surface area is 259 Å². The Morgan fingerprint density at radius 1 is 0.929 bits per heavy atom. The second-order valence-corrected chi connectivity index (χ2v) is 11.6. The fraction of sp³-hybridized carbons (Fsp3) is 0.586. The first kappa shape index (κ1) is 32.1. The van der Waals surface area contributed by atoms with Crippen LogP contribution in [-0.4, -0.2) is 61.9 Å². The van der Waals surface area contributed by atoms with E-state index in [4.69, 9.17) is 25.5 Å². The van der Waals surface area contributed by atoms with Gasteiger partial charge < -0.3 is 25.8 Å². The SMILES string of the molecule is Cc1ccccc1NC(=O)ON1CCC(Nc2nc(N[C@H]3CC[C@H](N)CC3)nc3c2ncn3C2CCCC2)CC1.Cl.Cl. The zero-order valence-electron chi connectivity index (χ0n) is 24.1. The van der Waals surface area contributed by atoms with Crippen LogP contribution >= 0.6 is 24.8 Å². The minimum atomic E-state index is -0.463. The summed E-state index contributed by atoms with van der Waals surface area (Å²) in [6.07, 6.45) is 12.0. The van der Waals surface area contributed by atoms with Gasteiger partial charge in [0.25, 0.3) is 0 Å². The first-order chi connectivity index (χ1) is 19.5. The number of aromatic nitrogens is 4. The van der Waals surface area contributed by atoms with Gasteiger partial charge in [0.15, 0.2) is 17.0 Å². The first-order valence-corrected chi connectivity index (χ1v) is 14.8. The lowest BCUT2D eigenvalue weighted by Crippen LogP contribution is -2.41. The summed E-state index contributed by atoms with van der Waals surface area (Å²) in [6, 6.07) is 8.93. The predicted molar refractivity (Wildman–Crippen MR) is 171 cm³/mol. The molecule has 2 saturated carbocycles. The van der Waals surface area contributed by atoms with Crippen molar-refractivity contribution in [3.8, 4) is 0 Å². The predicted octanol–water partition coefficient (Wildman–Crippen LogP) is 5.82. The van der Waals surface area contributed by atoms with Gasteiger partial charge in [-0.05, 0) is 69.9 Å². The fourth-order valence-electron chi connectivity index (χ4n) is 6.23. The minimum absolute atomic E-state index is 0. The van der Waals surface area contributed by atoms with E-state index in [2.05, 4.69) is 20.5 Å². The Kier molecular flexibility index (Phi) is 11.1. The standard InChI is InChI=1S/C29H41N9O2.2ClH/c1-19-6-2-5-9-24(19)34-29(39)40-37-16-14-22(15-17-37)32-26-25-27(38(18-31-25)23-7-3-4-8-23)36-28(35-26)33-21-12-10-20(30)11-13-21;;/h2,5-6,9,18,20-23H,3-4,7-8,10-17,30H2,1H3,(H,34,39)(H2,32,33,35,36);2*1H/t20-,21-;;. The van der Waals surface area contributed by atoms with Crippen LogP contribution in [0.4, 0.5) is 22.2 Å². The molecule has 6 rings (SSSR count). The van der Waals surface area contributed by atoms with E-state index in [1.807, 2.05) is 37.5 Å². The zero-order valence-corrected chi connectivity index (χ0v) is 25.8. The van der Waals surface area contributed by atoms with Crippen LogP contribution in [0.2, 0.25) is 0 Å². The molecule has 42 heavy (non-hydrogen) atoms. The number of rotatable bonds is 7. The van der Waals surface area contributed by atoms with Crippen LogP contribution < -0.4 is 21.7 Å². The average molecular weight is 621 g/mol. The van der Waals surface area contributed by atoms with Gasteiger partial charge in [-0.1, -0.05) is 31.0 Å². The number of imidazole rings is 1. The van der Waals surface area contributed by atoms with E-state index in [0.717, 1.165) is 79.6 Å². The molecule has 0 radical (unpaired) electrons. The number of hydrogen-bond donors (Lipinski definition) is 4. The molecule has 3 fully saturated rings. The third-order valence-electron chi connectivity index (χ3n) is 8.63. The van der Waals surface area contributed by atoms with Gasteiger partial charge in [-0.25, -0.2) is 9.78 Å². The molecule has 1 aromatic carbocycles. The highest BCUT2D eigenvalue weighted by atomic mass is 35.5. The lowest BCUT2D eigenvalue weighted by Gasteiger charge is -2.31. The topological polar surface area (TPSA) is 135 Å². The molecule has 13 heteroatoms. The Morgan fingerprint density at radius 2 is 1.62 bits per heavy atom. The zero-order chi connectivity index (χ0) is 27.5. The number of piperidine rings is 1. The summed E-state index contributed by atoms with van der Waals surface area (Å²) in [5.41, 5.74) is 9.60. The number of carbonyl (C=O) groups is 1. The second kappa shape index (κ2) is 14.5. The molecule has 3 heterocycles. The van der Waals surface area contributed by atoms with Crippen molar-refractivity contribution in [1.29, 1.82) is 0 Å². The van der Waals surface area contributed by atoms with Crippen molar-refractivity contribution in [2.45, 2.75) is 95.3 Å². The summed E-state index contributed by atoms with van der Waals surface area (Å²) >= 11 is 0. The smallest absolute Gasteiger partial charge is 0.365 e. The number of aryl methyl sites for hydroxylation is 1. The van der Waals surface area contributed by atoms with Crippen molar-refractivity contribution in [3.05, 3.63) is 36.2 Å². The first-order valence-electron chi connectivity index (χ1n) is 14.8. The number of benzene rings is 1. The molecule has 0 unspecified atom stereocenters. The molecule has 3 aromatic rings. The van der Waals surface area contributed by atoms with Gasteiger partial charge in [-0.3, -0.25) is 5.32 Å². The molecule has 2 aromatic heterocycles. The maximum absolute atomic E-state index is 12.5. The number of nitrogens with zero attached hydrogens (tertiary/aromatic N) is 5. The molecule has 0 atom stereocenters. The van der Waals surface area contributed by atoms with E-state index in [0.29, 0.717) is 37.2 Å². The Morgan fingerprint density at radius 3 is 2.33 bits per heavy atom. The van der Waals surface area contributed by atoms with Crippen molar-refractivity contribution in [2.24, 2.45) is 5.73 Å². The monoisotopic (exact) mass is 619 g/mol. The Hall–Kier alpha value is -2.86. The van der Waals surface area contributed by atoms with Crippen LogP contribution in [0.1, 0.15) is 75.8 Å². The Balaban J connectivity index is 0.00000202. The van der Waals surface area contributed by atoms with Crippen molar-refractivity contribution in [2.75, 3.05) is 29.0 Å². The number of hydroxylamine groups is 2. The van der Waals surface area contributed by atoms with Gasteiger partial charge in [0, 0.05) is 42.9 Å². The van der Waals surface area contributed by atoms with Gasteiger partial charge >= 0.3 is 6.09 Å². The molecule has 2 aliphatic carbocycles. The van der Waals surface area contributed by atoms with Crippen LogP contribution in [0.5, 0.6) is 0 Å². The molecular weight excluding hydrogens is 577 g/mol. The summed E-state index contributed by atoms with van der Waals surface area (Å²) < 4.78 is 2.25. The average Bonchev–Trinajstić information content (AvgIpc) is 3.63. The Bertz CT molecular complexity index is 1320. The van der Waals surface area contributed by atoms with E-state index in [1.54, 1.807) is 5.06 Å². The second-order valence-electron chi connectivity index (χ2n) is 11.6. The number of para-hydroxylation sites is 1. The molecular formula is C29H43Cl2N9O2. The largest absolute Gasteiger partial charge is 0.430 e. The van der Waals surface area contributed by atoms with Gasteiger partial charge in [0.05, 0.1) is 6.33 Å². The van der Waals surface area contributed by atoms with Crippen molar-refractivity contribution >= 4 is 59.5 Å². The molecule has 0 spiro atoms. The summed E-state index contributed by atoms with van der Waals surface area (Å²) in [5, 5.41) is 11.8. The number of halogens is 2. The molecule has 1 amide bonds. The number of fused-ring (bicyclic) bond motifs is 1. The fourth-order valence-corrected chi connectivity index (χ4v) is 6.23. The lowest BCUT2D eigenvalue weighted by atomic mass is 9.92. The van der Waals surface area contributed by atoms with Gasteiger partial charge in [0.2, 0.25) is 5.95 Å². The van der Waals surface area contributed by atoms with Crippen LogP contribution in [0, 0.1) is 6.92 Å². The van der Waals surface area contributed by atoms with Crippen molar-refractivity contribution < 1.29 is 9.63 Å². The van der Waals surface area contributed by atoms with Crippen molar-refractivity contribution in [3.63, 3.8) is 0 Å². The summed E-state index contributed by atoms with van der Waals surface area (Å²) in [6.45, 7) is 3.23. The molecule has 0 bridgehead atoms. The maximum Gasteiger partial charge on any atom is 0.430 e. The molecule has 1 aliphatic heterocycles. The highest BCUT2D eigenvalue weighted by molar-refractivity contribution is 5.86. The van der Waals surface area contributed by atoms with Gasteiger partial charge in [0.1, 0.15) is 0 Å². The van der Waals surface area contributed by atoms with Crippen LogP contribution in [-0.2, 0) is 4.84 Å². The van der Waals surface area contributed by atoms with E-state index in [9.17, 15) is 4.79 Å². The number of anilines is 3. The normalized spacial score (nSPS) is 21.8. The maximum atomic E-state index is 12.5. The number of nitrogens with one attached hydrogen (secondary N) is 3. The molecule has 5 N–H and O–H groups in total. The molecule has 1 saturated heterocycles. The highest BCUT2D eigenvalue weighted by Gasteiger charge is 2.27. The molecule has 3 aliphatic rings. The van der Waals surface area contributed by atoms with E-state index < -0.39 is 6.09 Å². The quantitative estimate of drug-likeness (QED) is 0.258. The number of nitrogens with two attached hydrogens (primary N) is 1. The molecule has 11 nitrogen and oxygen atoms in total. The number of hydrogen-bond acceptors (Lipinski definition) is 9. The third kappa shape index (κ3) is 7.55.